The average Bonchev–Trinajstić information content (AvgIpc) is 2.56. The van der Waals surface area contributed by atoms with Crippen molar-refractivity contribution < 1.29 is 19.4 Å². The quantitative estimate of drug-likeness (QED) is 0.475. The number of hydrogen-bond acceptors (Lipinski definition) is 6. The Morgan fingerprint density at radius 2 is 2.04 bits per heavy atom. The number of carbonyl (C=O) groups is 2. The zero-order valence-electron chi connectivity index (χ0n) is 13.5. The van der Waals surface area contributed by atoms with Gasteiger partial charge < -0.3 is 25.9 Å². The molecule has 0 spiro atoms. The fourth-order valence-corrected chi connectivity index (χ4v) is 2.21. The highest BCUT2D eigenvalue weighted by molar-refractivity contribution is 6.32. The Morgan fingerprint density at radius 1 is 1.35 bits per heavy atom. The number of carboxylic acid groups (broad SMARTS) is 1. The van der Waals surface area contributed by atoms with Crippen molar-refractivity contribution >= 4 is 29.2 Å². The summed E-state index contributed by atoms with van der Waals surface area (Å²) in [6, 6.07) is 3.42. The second-order valence-electron chi connectivity index (χ2n) is 5.33. The van der Waals surface area contributed by atoms with Crippen LogP contribution in [0.4, 0.5) is 5.69 Å². The standard InChI is InChI=1S/C15H15ClN4O6/c1-6(5-26-9-3-2-7(14(23)24)4-8(9)16)18-13(22)11-10(17)12(21)20-15(25)19-11/h2-4,6H,5,17H2,1H3,(H,18,22)(H,23,24)(H2,19,20,21,25). The number of rotatable bonds is 6. The molecule has 0 aliphatic rings. The summed E-state index contributed by atoms with van der Waals surface area (Å²) in [6.07, 6.45) is 0. The van der Waals surface area contributed by atoms with Crippen molar-refractivity contribution in [2.75, 3.05) is 12.3 Å². The number of halogens is 1. The summed E-state index contributed by atoms with van der Waals surface area (Å²) in [7, 11) is 0. The number of carbonyl (C=O) groups excluding carboxylic acids is 1. The van der Waals surface area contributed by atoms with Crippen LogP contribution in [-0.2, 0) is 0 Å². The number of aromatic nitrogens is 2. The number of nitrogens with one attached hydrogen (secondary N) is 3. The van der Waals surface area contributed by atoms with E-state index in [0.717, 1.165) is 0 Å². The third-order valence-corrected chi connectivity index (χ3v) is 3.55. The summed E-state index contributed by atoms with van der Waals surface area (Å²) in [6.45, 7) is 1.60. The maximum Gasteiger partial charge on any atom is 0.335 e. The zero-order chi connectivity index (χ0) is 19.4. The highest BCUT2D eigenvalue weighted by Crippen LogP contribution is 2.25. The molecule has 138 valence electrons. The van der Waals surface area contributed by atoms with Crippen LogP contribution in [0.15, 0.2) is 27.8 Å². The minimum atomic E-state index is -1.12. The molecule has 1 aromatic carbocycles. The highest BCUT2D eigenvalue weighted by Gasteiger charge is 2.17. The third kappa shape index (κ3) is 4.42. The van der Waals surface area contributed by atoms with Crippen molar-refractivity contribution in [2.24, 2.45) is 0 Å². The number of benzene rings is 1. The lowest BCUT2D eigenvalue weighted by Gasteiger charge is -2.16. The van der Waals surface area contributed by atoms with Crippen LogP contribution in [0.2, 0.25) is 5.02 Å². The maximum absolute atomic E-state index is 12.1. The normalized spacial score (nSPS) is 11.6. The molecule has 0 radical (unpaired) electrons. The van der Waals surface area contributed by atoms with E-state index in [-0.39, 0.29) is 28.6 Å². The molecule has 0 fully saturated rings. The van der Waals surface area contributed by atoms with Gasteiger partial charge in [0, 0.05) is 0 Å². The number of carboxylic acids is 1. The van der Waals surface area contributed by atoms with Crippen molar-refractivity contribution in [1.29, 1.82) is 0 Å². The molecule has 0 aliphatic heterocycles. The van der Waals surface area contributed by atoms with Gasteiger partial charge >= 0.3 is 11.7 Å². The number of H-pyrrole nitrogens is 2. The smallest absolute Gasteiger partial charge is 0.335 e. The molecular weight excluding hydrogens is 368 g/mol. The molecule has 0 saturated carbocycles. The van der Waals surface area contributed by atoms with E-state index in [1.807, 2.05) is 4.98 Å². The monoisotopic (exact) mass is 382 g/mol. The van der Waals surface area contributed by atoms with E-state index in [0.29, 0.717) is 0 Å². The Morgan fingerprint density at radius 3 is 2.65 bits per heavy atom. The summed E-state index contributed by atoms with van der Waals surface area (Å²) in [4.78, 5) is 49.7. The van der Waals surface area contributed by atoms with Crippen LogP contribution >= 0.6 is 11.6 Å². The molecule has 1 amide bonds. The molecule has 1 atom stereocenters. The topological polar surface area (TPSA) is 167 Å². The average molecular weight is 383 g/mol. The van der Waals surface area contributed by atoms with Gasteiger partial charge in [0.1, 0.15) is 23.7 Å². The third-order valence-electron chi connectivity index (χ3n) is 3.25. The summed E-state index contributed by atoms with van der Waals surface area (Å²) < 4.78 is 5.44. The predicted molar refractivity (Wildman–Crippen MR) is 92.9 cm³/mol. The lowest BCUT2D eigenvalue weighted by Crippen LogP contribution is -2.40. The number of aromatic amines is 2. The minimum Gasteiger partial charge on any atom is -0.490 e. The Labute approximate surface area is 150 Å². The summed E-state index contributed by atoms with van der Waals surface area (Å²) >= 11 is 5.94. The van der Waals surface area contributed by atoms with Gasteiger partial charge in [-0.3, -0.25) is 14.6 Å². The molecule has 11 heteroatoms. The van der Waals surface area contributed by atoms with Gasteiger partial charge in [0.2, 0.25) is 0 Å². The van der Waals surface area contributed by atoms with Crippen LogP contribution in [0.3, 0.4) is 0 Å². The maximum atomic E-state index is 12.1. The number of anilines is 1. The van der Waals surface area contributed by atoms with Crippen LogP contribution < -0.4 is 27.0 Å². The SMILES string of the molecule is CC(COc1ccc(C(=O)O)cc1Cl)NC(=O)c1[nH]c(=O)[nH]c(=O)c1N. The Balaban J connectivity index is 2.02. The van der Waals surface area contributed by atoms with Crippen LogP contribution in [0.1, 0.15) is 27.8 Å². The molecule has 0 aliphatic carbocycles. The van der Waals surface area contributed by atoms with Crippen LogP contribution in [0.5, 0.6) is 5.75 Å². The largest absolute Gasteiger partial charge is 0.490 e. The second-order valence-corrected chi connectivity index (χ2v) is 5.74. The summed E-state index contributed by atoms with van der Waals surface area (Å²) in [5.74, 6) is -1.64. The number of nitrogen functional groups attached to an aromatic ring is 1. The first-order chi connectivity index (χ1) is 12.2. The van der Waals surface area contributed by atoms with Gasteiger partial charge in [-0.1, -0.05) is 11.6 Å². The van der Waals surface area contributed by atoms with Crippen molar-refractivity contribution in [1.82, 2.24) is 15.3 Å². The molecule has 2 rings (SSSR count). The van der Waals surface area contributed by atoms with Gasteiger partial charge in [0.05, 0.1) is 16.6 Å². The fourth-order valence-electron chi connectivity index (χ4n) is 1.98. The van der Waals surface area contributed by atoms with Gasteiger partial charge in [-0.05, 0) is 25.1 Å². The fraction of sp³-hybridized carbons (Fsp3) is 0.200. The number of ether oxygens (including phenoxy) is 1. The number of nitrogens with two attached hydrogens (primary N) is 1. The molecule has 0 saturated heterocycles. The Hall–Kier alpha value is -3.27. The molecule has 6 N–H and O–H groups in total. The van der Waals surface area contributed by atoms with E-state index in [2.05, 4.69) is 10.3 Å². The van der Waals surface area contributed by atoms with Gasteiger partial charge in [0.15, 0.2) is 0 Å². The zero-order valence-corrected chi connectivity index (χ0v) is 14.2. The van der Waals surface area contributed by atoms with E-state index < -0.39 is 34.9 Å². The first-order valence-electron chi connectivity index (χ1n) is 7.27. The van der Waals surface area contributed by atoms with Crippen molar-refractivity contribution in [3.05, 3.63) is 55.3 Å². The summed E-state index contributed by atoms with van der Waals surface area (Å²) in [5, 5.41) is 11.5. The molecular formula is C15H15ClN4O6. The van der Waals surface area contributed by atoms with Gasteiger partial charge in [0.25, 0.3) is 11.5 Å². The van der Waals surface area contributed by atoms with E-state index >= 15 is 0 Å². The molecule has 10 nitrogen and oxygen atoms in total. The van der Waals surface area contributed by atoms with E-state index in [9.17, 15) is 19.2 Å². The van der Waals surface area contributed by atoms with Gasteiger partial charge in [-0.15, -0.1) is 0 Å². The van der Waals surface area contributed by atoms with Gasteiger partial charge in [-0.2, -0.15) is 0 Å². The number of amides is 1. The van der Waals surface area contributed by atoms with E-state index in [1.54, 1.807) is 6.92 Å². The van der Waals surface area contributed by atoms with Gasteiger partial charge in [-0.25, -0.2) is 9.59 Å². The Bertz CT molecular complexity index is 967. The molecule has 1 unspecified atom stereocenters. The van der Waals surface area contributed by atoms with E-state index in [4.69, 9.17) is 27.2 Å². The second kappa shape index (κ2) is 7.74. The first-order valence-corrected chi connectivity index (χ1v) is 7.65. The highest BCUT2D eigenvalue weighted by atomic mass is 35.5. The molecule has 1 heterocycles. The van der Waals surface area contributed by atoms with Crippen LogP contribution in [-0.4, -0.2) is 39.6 Å². The van der Waals surface area contributed by atoms with Crippen LogP contribution in [0.25, 0.3) is 0 Å². The number of aromatic carboxylic acids is 1. The summed E-state index contributed by atoms with van der Waals surface area (Å²) in [5.41, 5.74) is 3.00. The lowest BCUT2D eigenvalue weighted by atomic mass is 10.2. The molecule has 1 aromatic heterocycles. The molecule has 0 bridgehead atoms. The number of hydrogen-bond donors (Lipinski definition) is 5. The lowest BCUT2D eigenvalue weighted by molar-refractivity contribution is 0.0696. The van der Waals surface area contributed by atoms with Crippen molar-refractivity contribution in [3.8, 4) is 5.75 Å². The minimum absolute atomic E-state index is 0.00872. The van der Waals surface area contributed by atoms with Crippen LogP contribution in [0, 0.1) is 0 Å². The molecule has 26 heavy (non-hydrogen) atoms. The Kier molecular flexibility index (Phi) is 5.68. The molecule has 2 aromatic rings. The predicted octanol–water partition coefficient (Wildman–Crippen LogP) is 0.194. The first kappa shape index (κ1) is 19.1. The van der Waals surface area contributed by atoms with Crippen molar-refractivity contribution in [3.63, 3.8) is 0 Å². The van der Waals surface area contributed by atoms with E-state index in [1.165, 1.54) is 18.2 Å². The van der Waals surface area contributed by atoms with Crippen molar-refractivity contribution in [2.45, 2.75) is 13.0 Å².